The van der Waals surface area contributed by atoms with Gasteiger partial charge in [-0.1, -0.05) is 24.3 Å². The summed E-state index contributed by atoms with van der Waals surface area (Å²) in [4.78, 5) is 21.4. The van der Waals surface area contributed by atoms with Crippen LogP contribution in [-0.4, -0.2) is 24.6 Å². The molecule has 4 atom stereocenters. The quantitative estimate of drug-likeness (QED) is 0.483. The fraction of sp³-hybridized carbons (Fsp3) is 0.571. The normalized spacial score (nSPS) is 38.9. The van der Waals surface area contributed by atoms with Gasteiger partial charge in [-0.2, -0.15) is 0 Å². The Morgan fingerprint density at radius 2 is 1.83 bits per heavy atom. The SMILES string of the molecule is O=C1CC2C=CCC2O1.O=C1OCC2C=CCC12. The molecule has 0 saturated carbocycles. The molecule has 0 bridgehead atoms. The minimum atomic E-state index is -0.0330. The zero-order valence-electron chi connectivity index (χ0n) is 10.1. The van der Waals surface area contributed by atoms with Crippen LogP contribution in [0.4, 0.5) is 0 Å². The molecule has 2 fully saturated rings. The van der Waals surface area contributed by atoms with Crippen LogP contribution in [0.1, 0.15) is 19.3 Å². The first-order chi connectivity index (χ1) is 8.74. The van der Waals surface area contributed by atoms with Crippen molar-refractivity contribution < 1.29 is 19.1 Å². The molecule has 2 heterocycles. The molecule has 0 amide bonds. The third-order valence-corrected chi connectivity index (χ3v) is 3.93. The summed E-state index contributed by atoms with van der Waals surface area (Å²) in [5, 5.41) is 0. The third kappa shape index (κ3) is 2.07. The van der Waals surface area contributed by atoms with Crippen LogP contribution in [-0.2, 0) is 19.1 Å². The molecule has 4 heteroatoms. The van der Waals surface area contributed by atoms with E-state index in [1.807, 2.05) is 0 Å². The fourth-order valence-electron chi connectivity index (χ4n) is 2.87. The van der Waals surface area contributed by atoms with Crippen LogP contribution in [0.5, 0.6) is 0 Å². The molecule has 0 spiro atoms. The maximum Gasteiger partial charge on any atom is 0.309 e. The summed E-state index contributed by atoms with van der Waals surface area (Å²) >= 11 is 0. The lowest BCUT2D eigenvalue weighted by atomic mass is 10.00. The molecule has 0 aromatic heterocycles. The summed E-state index contributed by atoms with van der Waals surface area (Å²) in [6.07, 6.45) is 10.9. The molecular formula is C14H16O4. The lowest BCUT2D eigenvalue weighted by Crippen LogP contribution is -2.08. The molecule has 18 heavy (non-hydrogen) atoms. The van der Waals surface area contributed by atoms with Crippen LogP contribution in [0, 0.1) is 17.8 Å². The highest BCUT2D eigenvalue weighted by Crippen LogP contribution is 2.31. The van der Waals surface area contributed by atoms with Gasteiger partial charge in [0.05, 0.1) is 18.9 Å². The summed E-state index contributed by atoms with van der Waals surface area (Å²) in [5.41, 5.74) is 0. The Balaban J connectivity index is 0.000000111. The highest BCUT2D eigenvalue weighted by Gasteiger charge is 2.37. The van der Waals surface area contributed by atoms with E-state index in [2.05, 4.69) is 24.3 Å². The van der Waals surface area contributed by atoms with Crippen molar-refractivity contribution in [2.24, 2.45) is 17.8 Å². The number of allylic oxidation sites excluding steroid dienone is 1. The largest absolute Gasteiger partial charge is 0.465 e. The molecule has 4 rings (SSSR count). The predicted octanol–water partition coefficient (Wildman–Crippen LogP) is 1.61. The average Bonchev–Trinajstić information content (AvgIpc) is 3.02. The van der Waals surface area contributed by atoms with Gasteiger partial charge in [-0.05, 0) is 6.42 Å². The third-order valence-electron chi connectivity index (χ3n) is 3.93. The maximum atomic E-state index is 10.8. The maximum absolute atomic E-state index is 10.8. The Morgan fingerprint density at radius 1 is 1.06 bits per heavy atom. The molecule has 96 valence electrons. The standard InChI is InChI=1S/2C7H8O2/c8-7-6-3-1-2-5(6)4-9-7;8-7-4-5-2-1-3-6(5)9-7/h2*1-2,5-6H,3-4H2. The summed E-state index contributed by atoms with van der Waals surface area (Å²) in [6, 6.07) is 0. The second kappa shape index (κ2) is 4.59. The highest BCUT2D eigenvalue weighted by molar-refractivity contribution is 5.76. The second-order valence-corrected chi connectivity index (χ2v) is 5.12. The summed E-state index contributed by atoms with van der Waals surface area (Å²) < 4.78 is 9.81. The van der Waals surface area contributed by atoms with Crippen molar-refractivity contribution in [3.63, 3.8) is 0 Å². The van der Waals surface area contributed by atoms with Crippen molar-refractivity contribution >= 4 is 11.9 Å². The second-order valence-electron chi connectivity index (χ2n) is 5.12. The van der Waals surface area contributed by atoms with Crippen LogP contribution < -0.4 is 0 Å². The summed E-state index contributed by atoms with van der Waals surface area (Å²) in [7, 11) is 0. The Bertz CT molecular complexity index is 424. The number of esters is 2. The van der Waals surface area contributed by atoms with Crippen molar-refractivity contribution in [2.75, 3.05) is 6.61 Å². The van der Waals surface area contributed by atoms with Crippen LogP contribution in [0.2, 0.25) is 0 Å². The number of carbonyl (C=O) groups excluding carboxylic acids is 2. The Kier molecular flexibility index (Phi) is 2.94. The van der Waals surface area contributed by atoms with E-state index in [9.17, 15) is 9.59 Å². The zero-order chi connectivity index (χ0) is 12.5. The van der Waals surface area contributed by atoms with Gasteiger partial charge in [-0.25, -0.2) is 0 Å². The van der Waals surface area contributed by atoms with Gasteiger partial charge in [0.25, 0.3) is 0 Å². The van der Waals surface area contributed by atoms with Gasteiger partial charge in [0.2, 0.25) is 0 Å². The first-order valence-electron chi connectivity index (χ1n) is 6.43. The number of fused-ring (bicyclic) bond motifs is 2. The minimum Gasteiger partial charge on any atom is -0.465 e. The van der Waals surface area contributed by atoms with Crippen molar-refractivity contribution in [2.45, 2.75) is 25.4 Å². The van der Waals surface area contributed by atoms with E-state index in [1.165, 1.54) is 0 Å². The van der Waals surface area contributed by atoms with Gasteiger partial charge in [-0.15, -0.1) is 0 Å². The lowest BCUT2D eigenvalue weighted by molar-refractivity contribution is -0.142. The lowest BCUT2D eigenvalue weighted by Gasteiger charge is -2.03. The molecule has 4 unspecified atom stereocenters. The summed E-state index contributed by atoms with van der Waals surface area (Å²) in [5.74, 6) is 0.930. The van der Waals surface area contributed by atoms with Crippen molar-refractivity contribution in [3.05, 3.63) is 24.3 Å². The Morgan fingerprint density at radius 3 is 2.61 bits per heavy atom. The van der Waals surface area contributed by atoms with Gasteiger partial charge < -0.3 is 9.47 Å². The number of hydrogen-bond donors (Lipinski definition) is 0. The van der Waals surface area contributed by atoms with Crippen LogP contribution in [0.25, 0.3) is 0 Å². The van der Waals surface area contributed by atoms with E-state index in [0.29, 0.717) is 24.9 Å². The number of rotatable bonds is 0. The molecule has 4 nitrogen and oxygen atoms in total. The first-order valence-corrected chi connectivity index (χ1v) is 6.43. The summed E-state index contributed by atoms with van der Waals surface area (Å²) in [6.45, 7) is 0.611. The van der Waals surface area contributed by atoms with Crippen molar-refractivity contribution in [1.29, 1.82) is 0 Å². The number of ether oxygens (including phenoxy) is 2. The van der Waals surface area contributed by atoms with Gasteiger partial charge in [0.15, 0.2) is 0 Å². The van der Waals surface area contributed by atoms with Crippen LogP contribution >= 0.6 is 0 Å². The molecule has 2 aliphatic carbocycles. The van der Waals surface area contributed by atoms with Crippen molar-refractivity contribution in [3.8, 4) is 0 Å². The van der Waals surface area contributed by atoms with Crippen LogP contribution in [0.15, 0.2) is 24.3 Å². The molecule has 4 aliphatic rings. The van der Waals surface area contributed by atoms with E-state index in [4.69, 9.17) is 9.47 Å². The van der Waals surface area contributed by atoms with Crippen LogP contribution in [0.3, 0.4) is 0 Å². The highest BCUT2D eigenvalue weighted by atomic mass is 16.6. The Labute approximate surface area is 106 Å². The molecule has 2 aliphatic heterocycles. The average molecular weight is 248 g/mol. The van der Waals surface area contributed by atoms with E-state index in [1.54, 1.807) is 0 Å². The molecule has 0 N–H and O–H groups in total. The van der Waals surface area contributed by atoms with Gasteiger partial charge in [0.1, 0.15) is 6.10 Å². The predicted molar refractivity (Wildman–Crippen MR) is 63.4 cm³/mol. The van der Waals surface area contributed by atoms with Crippen molar-refractivity contribution in [1.82, 2.24) is 0 Å². The molecular weight excluding hydrogens is 232 g/mol. The van der Waals surface area contributed by atoms with E-state index < -0.39 is 0 Å². The first kappa shape index (κ1) is 11.5. The number of hydrogen-bond acceptors (Lipinski definition) is 4. The van der Waals surface area contributed by atoms with Gasteiger partial charge >= 0.3 is 11.9 Å². The Hall–Kier alpha value is -1.58. The zero-order valence-corrected chi connectivity index (χ0v) is 10.1. The van der Waals surface area contributed by atoms with E-state index in [-0.39, 0.29) is 24.0 Å². The minimum absolute atomic E-state index is 0.00926. The van der Waals surface area contributed by atoms with E-state index >= 15 is 0 Å². The monoisotopic (exact) mass is 248 g/mol. The van der Waals surface area contributed by atoms with E-state index in [0.717, 1.165) is 12.8 Å². The van der Waals surface area contributed by atoms with Gasteiger partial charge in [-0.3, -0.25) is 9.59 Å². The fourth-order valence-corrected chi connectivity index (χ4v) is 2.87. The number of carbonyl (C=O) groups is 2. The van der Waals surface area contributed by atoms with Gasteiger partial charge in [0, 0.05) is 18.3 Å². The molecule has 0 radical (unpaired) electrons. The molecule has 0 aromatic carbocycles. The smallest absolute Gasteiger partial charge is 0.309 e. The number of cyclic esters (lactones) is 1. The topological polar surface area (TPSA) is 52.6 Å². The molecule has 0 aromatic rings. The molecule has 2 saturated heterocycles.